The van der Waals surface area contributed by atoms with Gasteiger partial charge in [0.1, 0.15) is 5.75 Å². The van der Waals surface area contributed by atoms with Gasteiger partial charge in [-0.1, -0.05) is 6.07 Å². The maximum atomic E-state index is 12.5. The lowest BCUT2D eigenvalue weighted by Gasteiger charge is -2.18. The fourth-order valence-corrected chi connectivity index (χ4v) is 2.70. The molecule has 1 unspecified atom stereocenters. The minimum atomic E-state index is -1.13. The number of carboxylic acids is 1. The molecule has 1 aromatic heterocycles. The number of amides is 1. The van der Waals surface area contributed by atoms with Crippen LogP contribution >= 0.6 is 0 Å². The quantitative estimate of drug-likeness (QED) is 0.887. The predicted molar refractivity (Wildman–Crippen MR) is 90.7 cm³/mol. The van der Waals surface area contributed by atoms with E-state index in [1.54, 1.807) is 29.1 Å². The topological polar surface area (TPSA) is 93.5 Å². The number of benzene rings is 1. The van der Waals surface area contributed by atoms with Crippen LogP contribution < -0.4 is 10.1 Å². The summed E-state index contributed by atoms with van der Waals surface area (Å²) in [7, 11) is 0. The largest absolute Gasteiger partial charge is 0.493 e. The number of fused-ring (bicyclic) bond motifs is 1. The molecule has 25 heavy (non-hydrogen) atoms. The van der Waals surface area contributed by atoms with E-state index >= 15 is 0 Å². The van der Waals surface area contributed by atoms with Gasteiger partial charge in [-0.3, -0.25) is 9.48 Å². The van der Waals surface area contributed by atoms with Crippen LogP contribution in [0.3, 0.4) is 0 Å². The van der Waals surface area contributed by atoms with Crippen molar-refractivity contribution in [2.24, 2.45) is 0 Å². The van der Waals surface area contributed by atoms with Crippen molar-refractivity contribution in [3.8, 4) is 5.75 Å². The van der Waals surface area contributed by atoms with Crippen molar-refractivity contribution in [2.45, 2.75) is 38.8 Å². The number of aromatic nitrogens is 2. The third kappa shape index (κ3) is 3.50. The van der Waals surface area contributed by atoms with E-state index in [9.17, 15) is 14.7 Å². The zero-order chi connectivity index (χ0) is 18.2. The molecule has 0 fully saturated rings. The number of carbonyl (C=O) groups excluding carboxylic acids is 1. The average Bonchev–Trinajstić information content (AvgIpc) is 3.19. The summed E-state index contributed by atoms with van der Waals surface area (Å²) in [4.78, 5) is 24.1. The van der Waals surface area contributed by atoms with Gasteiger partial charge in [-0.25, -0.2) is 4.79 Å². The Balaban J connectivity index is 1.81. The first-order chi connectivity index (χ1) is 11.8. The zero-order valence-corrected chi connectivity index (χ0v) is 14.4. The van der Waals surface area contributed by atoms with Gasteiger partial charge < -0.3 is 15.2 Å². The Kier molecular flexibility index (Phi) is 4.24. The average molecular weight is 343 g/mol. The van der Waals surface area contributed by atoms with Gasteiger partial charge in [0.25, 0.3) is 5.91 Å². The predicted octanol–water partition coefficient (Wildman–Crippen LogP) is 2.13. The molecule has 0 spiro atoms. The number of hydrogen-bond acceptors (Lipinski definition) is 4. The lowest BCUT2D eigenvalue weighted by molar-refractivity contribution is -0.139. The van der Waals surface area contributed by atoms with E-state index in [-0.39, 0.29) is 5.54 Å². The van der Waals surface area contributed by atoms with Gasteiger partial charge in [-0.2, -0.15) is 5.10 Å². The van der Waals surface area contributed by atoms with Gasteiger partial charge in [0, 0.05) is 12.6 Å². The molecule has 1 amide bonds. The summed E-state index contributed by atoms with van der Waals surface area (Å²) >= 11 is 0. The van der Waals surface area contributed by atoms with Crippen molar-refractivity contribution in [3.05, 3.63) is 47.3 Å². The van der Waals surface area contributed by atoms with E-state index < -0.39 is 17.9 Å². The van der Waals surface area contributed by atoms with Gasteiger partial charge in [0.2, 0.25) is 0 Å². The van der Waals surface area contributed by atoms with E-state index in [0.29, 0.717) is 17.7 Å². The van der Waals surface area contributed by atoms with E-state index in [4.69, 9.17) is 4.74 Å². The summed E-state index contributed by atoms with van der Waals surface area (Å²) in [5.41, 5.74) is 1.54. The van der Waals surface area contributed by atoms with Crippen molar-refractivity contribution in [2.75, 3.05) is 6.61 Å². The van der Waals surface area contributed by atoms with Crippen LogP contribution in [0.1, 0.15) is 48.3 Å². The number of ether oxygens (including phenoxy) is 1. The van der Waals surface area contributed by atoms with Crippen molar-refractivity contribution in [3.63, 3.8) is 0 Å². The highest BCUT2D eigenvalue weighted by atomic mass is 16.5. The second-order valence-corrected chi connectivity index (χ2v) is 7.05. The van der Waals surface area contributed by atoms with Crippen LogP contribution in [0.5, 0.6) is 5.75 Å². The normalized spacial score (nSPS) is 14.5. The first-order valence-corrected chi connectivity index (χ1v) is 8.10. The second-order valence-electron chi connectivity index (χ2n) is 7.05. The van der Waals surface area contributed by atoms with Crippen LogP contribution in [-0.4, -0.2) is 33.4 Å². The third-order valence-corrected chi connectivity index (χ3v) is 4.10. The number of nitrogens with one attached hydrogen (secondary N) is 1. The van der Waals surface area contributed by atoms with Crippen LogP contribution in [-0.2, 0) is 16.8 Å². The molecule has 2 N–H and O–H groups in total. The Morgan fingerprint density at radius 2 is 2.12 bits per heavy atom. The van der Waals surface area contributed by atoms with Gasteiger partial charge in [0.05, 0.1) is 23.9 Å². The molecule has 0 aliphatic carbocycles. The molecule has 1 aromatic carbocycles. The lowest BCUT2D eigenvalue weighted by atomic mass is 10.0. The van der Waals surface area contributed by atoms with Gasteiger partial charge in [-0.05, 0) is 44.0 Å². The maximum absolute atomic E-state index is 12.5. The SMILES string of the molecule is CC(C)(C)n1cc(C(=O)NC(C(=O)O)c2ccc3c(c2)CCO3)cn1. The first kappa shape index (κ1) is 17.0. The standard InChI is InChI=1S/C18H21N3O4/c1-18(2,3)21-10-13(9-19-21)16(22)20-15(17(23)24)12-4-5-14-11(8-12)6-7-25-14/h4-5,8-10,15H,6-7H2,1-3H3,(H,20,22)(H,23,24). The molecular weight excluding hydrogens is 322 g/mol. The molecule has 0 saturated carbocycles. The Bertz CT molecular complexity index is 820. The fourth-order valence-electron chi connectivity index (χ4n) is 2.70. The van der Waals surface area contributed by atoms with Crippen LogP contribution in [0.4, 0.5) is 0 Å². The molecular formula is C18H21N3O4. The molecule has 2 aromatic rings. The number of carboxylic acid groups (broad SMARTS) is 1. The molecule has 7 heteroatoms. The monoisotopic (exact) mass is 343 g/mol. The Morgan fingerprint density at radius 1 is 1.36 bits per heavy atom. The van der Waals surface area contributed by atoms with Crippen molar-refractivity contribution in [1.29, 1.82) is 0 Å². The number of nitrogens with zero attached hydrogens (tertiary/aromatic N) is 2. The summed E-state index contributed by atoms with van der Waals surface area (Å²) < 4.78 is 7.10. The van der Waals surface area contributed by atoms with Crippen molar-refractivity contribution in [1.82, 2.24) is 15.1 Å². The maximum Gasteiger partial charge on any atom is 0.330 e. The molecule has 0 saturated heterocycles. The lowest BCUT2D eigenvalue weighted by Crippen LogP contribution is -2.33. The number of aliphatic carboxylic acids is 1. The fraction of sp³-hybridized carbons (Fsp3) is 0.389. The molecule has 0 bridgehead atoms. The third-order valence-electron chi connectivity index (χ3n) is 4.10. The molecule has 3 rings (SSSR count). The molecule has 7 nitrogen and oxygen atoms in total. The van der Waals surface area contributed by atoms with E-state index in [0.717, 1.165) is 17.7 Å². The molecule has 132 valence electrons. The van der Waals surface area contributed by atoms with E-state index in [2.05, 4.69) is 10.4 Å². The van der Waals surface area contributed by atoms with Crippen LogP contribution in [0.2, 0.25) is 0 Å². The number of carbonyl (C=O) groups is 2. The summed E-state index contributed by atoms with van der Waals surface area (Å²) in [5.74, 6) is -0.819. The van der Waals surface area contributed by atoms with Crippen LogP contribution in [0.15, 0.2) is 30.6 Å². The molecule has 1 aliphatic rings. The van der Waals surface area contributed by atoms with E-state index in [1.807, 2.05) is 20.8 Å². The highest BCUT2D eigenvalue weighted by molar-refractivity contribution is 5.96. The van der Waals surface area contributed by atoms with Crippen molar-refractivity contribution >= 4 is 11.9 Å². The number of hydrogen-bond donors (Lipinski definition) is 2. The van der Waals surface area contributed by atoms with Crippen molar-refractivity contribution < 1.29 is 19.4 Å². The highest BCUT2D eigenvalue weighted by Gasteiger charge is 2.26. The summed E-state index contributed by atoms with van der Waals surface area (Å²) in [6.45, 7) is 6.49. The van der Waals surface area contributed by atoms with E-state index in [1.165, 1.54) is 6.20 Å². The Hall–Kier alpha value is -2.83. The van der Waals surface area contributed by atoms with Gasteiger partial charge in [-0.15, -0.1) is 0 Å². The minimum Gasteiger partial charge on any atom is -0.493 e. The summed E-state index contributed by atoms with van der Waals surface area (Å²) in [6, 6.07) is 4.07. The highest BCUT2D eigenvalue weighted by Crippen LogP contribution is 2.28. The van der Waals surface area contributed by atoms with Crippen LogP contribution in [0.25, 0.3) is 0 Å². The molecule has 1 atom stereocenters. The Morgan fingerprint density at radius 3 is 2.76 bits per heavy atom. The smallest absolute Gasteiger partial charge is 0.330 e. The summed E-state index contributed by atoms with van der Waals surface area (Å²) in [6.07, 6.45) is 3.79. The summed E-state index contributed by atoms with van der Waals surface area (Å²) in [5, 5.41) is 16.3. The zero-order valence-electron chi connectivity index (χ0n) is 14.4. The van der Waals surface area contributed by atoms with Gasteiger partial charge in [0.15, 0.2) is 6.04 Å². The molecule has 2 heterocycles. The van der Waals surface area contributed by atoms with Gasteiger partial charge >= 0.3 is 5.97 Å². The Labute approximate surface area is 145 Å². The minimum absolute atomic E-state index is 0.259. The molecule has 0 radical (unpaired) electrons. The second kappa shape index (κ2) is 6.23. The van der Waals surface area contributed by atoms with Crippen LogP contribution in [0, 0.1) is 0 Å². The first-order valence-electron chi connectivity index (χ1n) is 8.10. The number of rotatable bonds is 4. The molecule has 1 aliphatic heterocycles.